The number of hydrogen-bond acceptors (Lipinski definition) is 8. The molecule has 1 fully saturated rings. The summed E-state index contributed by atoms with van der Waals surface area (Å²) in [6, 6.07) is 6.38. The Bertz CT molecular complexity index is 1530. The number of rotatable bonds is 20. The Kier molecular flexibility index (Phi) is 17.3. The van der Waals surface area contributed by atoms with Gasteiger partial charge in [0, 0.05) is 52.1 Å². The zero-order valence-electron chi connectivity index (χ0n) is 34.9. The number of likely N-dealkylation sites (N-methyl/N-ethyl adjacent to an activating group) is 2. The fourth-order valence-corrected chi connectivity index (χ4v) is 8.19. The Morgan fingerprint density at radius 2 is 1.65 bits per heavy atom. The van der Waals surface area contributed by atoms with Gasteiger partial charge in [0.05, 0.1) is 42.7 Å². The zero-order chi connectivity index (χ0) is 40.3. The van der Waals surface area contributed by atoms with E-state index in [-0.39, 0.29) is 59.9 Å². The van der Waals surface area contributed by atoms with E-state index in [9.17, 15) is 19.2 Å². The number of amides is 4. The van der Waals surface area contributed by atoms with Crippen LogP contribution in [0.25, 0.3) is 10.8 Å². The van der Waals surface area contributed by atoms with Gasteiger partial charge in [-0.05, 0) is 74.2 Å². The molecule has 1 aromatic heterocycles. The average Bonchev–Trinajstić information content (AvgIpc) is 3.62. The zero-order valence-corrected chi connectivity index (χ0v) is 34.9. The number of aromatic nitrogens is 1. The molecule has 12 nitrogen and oxygen atoms in total. The van der Waals surface area contributed by atoms with Gasteiger partial charge >= 0.3 is 0 Å². The summed E-state index contributed by atoms with van der Waals surface area (Å²) in [5.41, 5.74) is 1.11. The molecule has 12 heteroatoms. The van der Waals surface area contributed by atoms with E-state index in [1.807, 2.05) is 70.8 Å². The van der Waals surface area contributed by atoms with Crippen LogP contribution in [0.4, 0.5) is 0 Å². The number of methoxy groups -OCH3 is 2. The third-order valence-corrected chi connectivity index (χ3v) is 11.4. The van der Waals surface area contributed by atoms with Gasteiger partial charge in [0.1, 0.15) is 6.04 Å². The second-order valence-corrected chi connectivity index (χ2v) is 16.1. The minimum Gasteiger partial charge on any atom is -0.379 e. The normalized spacial score (nSPS) is 18.6. The standard InChI is InChI=1S/C42H68N6O6/c1-13-28(6)38(47(10)42(52)36(26(2)3)45-41(51)37(27(4)5)46(8)9)34(53-11)24-35(49)48-22-14-15-33(48)39(54-12)29(7)40(50)44-21-18-30-16-17-31-19-20-43-25-32(31)23-30/h16-17,19-20,23,25-29,33-34,36-39H,13-15,18,21-22,24H2,1-12H3,(H,44,50)(H,45,51)/t28-,29+,33-,34+,36-,37-,38?,39+/m0/s1. The maximum atomic E-state index is 14.2. The summed E-state index contributed by atoms with van der Waals surface area (Å²) in [5.74, 6) is -1.21. The van der Waals surface area contributed by atoms with Crippen LogP contribution < -0.4 is 10.6 Å². The summed E-state index contributed by atoms with van der Waals surface area (Å²) in [7, 11) is 8.66. The number of fused-ring (bicyclic) bond motifs is 1. The van der Waals surface area contributed by atoms with Crippen LogP contribution in [0.15, 0.2) is 36.7 Å². The minimum atomic E-state index is -0.744. The van der Waals surface area contributed by atoms with Crippen LogP contribution in [0, 0.1) is 23.7 Å². The highest BCUT2D eigenvalue weighted by Crippen LogP contribution is 2.30. The van der Waals surface area contributed by atoms with Crippen LogP contribution in [0.1, 0.15) is 79.7 Å². The number of pyridine rings is 1. The molecule has 1 aliphatic heterocycles. The fraction of sp³-hybridized carbons (Fsp3) is 0.690. The number of likely N-dealkylation sites (tertiary alicyclic amines) is 1. The van der Waals surface area contributed by atoms with Gasteiger partial charge in [-0.2, -0.15) is 0 Å². The monoisotopic (exact) mass is 753 g/mol. The smallest absolute Gasteiger partial charge is 0.245 e. The van der Waals surface area contributed by atoms with Crippen molar-refractivity contribution in [2.75, 3.05) is 48.5 Å². The van der Waals surface area contributed by atoms with Gasteiger partial charge in [0.15, 0.2) is 0 Å². The van der Waals surface area contributed by atoms with Crippen molar-refractivity contribution in [3.05, 3.63) is 42.2 Å². The van der Waals surface area contributed by atoms with Crippen LogP contribution in [0.2, 0.25) is 0 Å². The highest BCUT2D eigenvalue weighted by Gasteiger charge is 2.43. The lowest BCUT2D eigenvalue weighted by Gasteiger charge is -2.41. The van der Waals surface area contributed by atoms with Gasteiger partial charge in [0.25, 0.3) is 0 Å². The molecule has 0 bridgehead atoms. The molecule has 0 radical (unpaired) electrons. The number of hydrogen-bond donors (Lipinski definition) is 2. The van der Waals surface area contributed by atoms with E-state index in [1.54, 1.807) is 32.4 Å². The van der Waals surface area contributed by atoms with Gasteiger partial charge in [-0.3, -0.25) is 29.1 Å². The lowest BCUT2D eigenvalue weighted by Crippen LogP contribution is -2.59. The van der Waals surface area contributed by atoms with Crippen molar-refractivity contribution >= 4 is 34.4 Å². The summed E-state index contributed by atoms with van der Waals surface area (Å²) in [6.45, 7) is 14.8. The second-order valence-electron chi connectivity index (χ2n) is 16.1. The molecule has 1 unspecified atom stereocenters. The number of nitrogens with zero attached hydrogens (tertiary/aromatic N) is 4. The molecule has 302 valence electrons. The topological polar surface area (TPSA) is 133 Å². The molecule has 1 saturated heterocycles. The summed E-state index contributed by atoms with van der Waals surface area (Å²) in [5, 5.41) is 8.32. The summed E-state index contributed by atoms with van der Waals surface area (Å²) >= 11 is 0. The Morgan fingerprint density at radius 1 is 0.944 bits per heavy atom. The molecule has 4 amide bonds. The summed E-state index contributed by atoms with van der Waals surface area (Å²) in [6.07, 6.45) is 5.55. The minimum absolute atomic E-state index is 0.00138. The lowest BCUT2D eigenvalue weighted by molar-refractivity contribution is -0.148. The van der Waals surface area contributed by atoms with Crippen molar-refractivity contribution < 1.29 is 28.7 Å². The van der Waals surface area contributed by atoms with E-state index in [0.717, 1.165) is 35.6 Å². The average molecular weight is 753 g/mol. The van der Waals surface area contributed by atoms with Crippen LogP contribution >= 0.6 is 0 Å². The maximum Gasteiger partial charge on any atom is 0.245 e. The van der Waals surface area contributed by atoms with Crippen LogP contribution in [-0.4, -0.2) is 128 Å². The number of benzene rings is 1. The van der Waals surface area contributed by atoms with Gasteiger partial charge in [0.2, 0.25) is 23.6 Å². The molecule has 2 heterocycles. The first-order chi connectivity index (χ1) is 25.6. The molecule has 2 N–H and O–H groups in total. The molecule has 1 aliphatic rings. The fourth-order valence-electron chi connectivity index (χ4n) is 8.19. The predicted molar refractivity (Wildman–Crippen MR) is 214 cm³/mol. The summed E-state index contributed by atoms with van der Waals surface area (Å²) < 4.78 is 12.0. The Hall–Kier alpha value is -3.61. The molecule has 54 heavy (non-hydrogen) atoms. The Labute approximate surface area is 324 Å². The van der Waals surface area contributed by atoms with Crippen LogP contribution in [0.3, 0.4) is 0 Å². The second kappa shape index (κ2) is 20.9. The Morgan fingerprint density at radius 3 is 2.24 bits per heavy atom. The van der Waals surface area contributed by atoms with E-state index in [0.29, 0.717) is 19.5 Å². The molecule has 1 aromatic carbocycles. The van der Waals surface area contributed by atoms with E-state index < -0.39 is 30.2 Å². The maximum absolute atomic E-state index is 14.2. The third-order valence-electron chi connectivity index (χ3n) is 11.4. The van der Waals surface area contributed by atoms with Crippen molar-refractivity contribution in [3.63, 3.8) is 0 Å². The van der Waals surface area contributed by atoms with Gasteiger partial charge in [-0.15, -0.1) is 0 Å². The number of carbonyl (C=O) groups is 4. The van der Waals surface area contributed by atoms with E-state index in [4.69, 9.17) is 9.47 Å². The molecule has 0 saturated carbocycles. The van der Waals surface area contributed by atoms with Crippen molar-refractivity contribution in [1.82, 2.24) is 30.3 Å². The van der Waals surface area contributed by atoms with Crippen LogP contribution in [-0.2, 0) is 35.1 Å². The van der Waals surface area contributed by atoms with Crippen molar-refractivity contribution in [2.45, 2.75) is 117 Å². The lowest BCUT2D eigenvalue weighted by atomic mass is 9.89. The molecule has 3 rings (SSSR count). The highest BCUT2D eigenvalue weighted by molar-refractivity contribution is 5.90. The van der Waals surface area contributed by atoms with Gasteiger partial charge in [-0.25, -0.2) is 0 Å². The van der Waals surface area contributed by atoms with Crippen molar-refractivity contribution in [1.29, 1.82) is 0 Å². The highest BCUT2D eigenvalue weighted by atomic mass is 16.5. The van der Waals surface area contributed by atoms with E-state index >= 15 is 0 Å². The first kappa shape index (κ1) is 44.8. The molecule has 2 aromatic rings. The summed E-state index contributed by atoms with van der Waals surface area (Å²) in [4.78, 5) is 64.9. The molecule has 0 aliphatic carbocycles. The van der Waals surface area contributed by atoms with E-state index in [1.165, 1.54) is 0 Å². The number of ether oxygens (including phenoxy) is 2. The number of nitrogens with one attached hydrogen (secondary N) is 2. The first-order valence-electron chi connectivity index (χ1n) is 19.8. The van der Waals surface area contributed by atoms with Gasteiger partial charge in [-0.1, -0.05) is 67.0 Å². The number of carbonyl (C=O) groups excluding carboxylic acids is 4. The third kappa shape index (κ3) is 11.2. The first-order valence-corrected chi connectivity index (χ1v) is 19.8. The largest absolute Gasteiger partial charge is 0.379 e. The predicted octanol–water partition coefficient (Wildman–Crippen LogP) is 4.54. The molecule has 8 atom stereocenters. The van der Waals surface area contributed by atoms with Crippen molar-refractivity contribution in [3.8, 4) is 0 Å². The quantitative estimate of drug-likeness (QED) is 0.202. The van der Waals surface area contributed by atoms with E-state index in [2.05, 4.69) is 47.7 Å². The van der Waals surface area contributed by atoms with Crippen molar-refractivity contribution in [2.24, 2.45) is 23.7 Å². The molecular weight excluding hydrogens is 684 g/mol. The van der Waals surface area contributed by atoms with Gasteiger partial charge < -0.3 is 29.9 Å². The SMILES string of the molecule is CC[C@H](C)C([C@@H](CC(=O)N1CCC[C@H]1[C@H](OC)[C@@H](C)C(=O)NCCc1ccc2ccncc2c1)OC)N(C)C(=O)[C@@H](NC(=O)[C@H](C(C)C)N(C)C)C(C)C. The Balaban J connectivity index is 1.71. The molecular formula is C42H68N6O6. The van der Waals surface area contributed by atoms with Crippen LogP contribution in [0.5, 0.6) is 0 Å². The molecule has 0 spiro atoms.